The van der Waals surface area contributed by atoms with Crippen LogP contribution >= 0.6 is 11.3 Å². The first-order valence-electron chi connectivity index (χ1n) is 6.79. The van der Waals surface area contributed by atoms with Crippen LogP contribution in [0, 0.1) is 0 Å². The third-order valence-electron chi connectivity index (χ3n) is 2.15. The lowest BCUT2D eigenvalue weighted by molar-refractivity contribution is -0.129. The zero-order valence-electron chi connectivity index (χ0n) is 13.4. The van der Waals surface area contributed by atoms with E-state index in [4.69, 9.17) is 14.7 Å². The Morgan fingerprint density at radius 1 is 1.46 bits per heavy atom. The van der Waals surface area contributed by atoms with E-state index in [1.54, 1.807) is 20.8 Å². The molecule has 0 aliphatic carbocycles. The van der Waals surface area contributed by atoms with Crippen LogP contribution in [0.5, 0.6) is 0 Å². The van der Waals surface area contributed by atoms with Crippen LogP contribution in [0.2, 0.25) is 0 Å². The van der Waals surface area contributed by atoms with Gasteiger partial charge in [0.25, 0.3) is 0 Å². The Morgan fingerprint density at radius 3 is 2.75 bits per heavy atom. The Labute approximate surface area is 141 Å². The van der Waals surface area contributed by atoms with E-state index in [-0.39, 0.29) is 24.0 Å². The van der Waals surface area contributed by atoms with Crippen LogP contribution in [0.1, 0.15) is 26.5 Å². The number of hydrogen-bond acceptors (Lipinski definition) is 8. The molecule has 0 atom stereocenters. The van der Waals surface area contributed by atoms with Gasteiger partial charge in [-0.05, 0) is 20.8 Å². The molecule has 10 nitrogen and oxygen atoms in total. The van der Waals surface area contributed by atoms with Gasteiger partial charge >= 0.3 is 12.1 Å². The molecule has 0 aliphatic rings. The predicted molar refractivity (Wildman–Crippen MR) is 86.2 cm³/mol. The van der Waals surface area contributed by atoms with Crippen molar-refractivity contribution in [3.8, 4) is 0 Å². The third kappa shape index (κ3) is 7.05. The molecule has 1 rings (SSSR count). The van der Waals surface area contributed by atoms with Crippen molar-refractivity contribution < 1.29 is 29.1 Å². The average Bonchev–Trinajstić information content (AvgIpc) is 2.89. The number of aliphatic carboxylic acids is 1. The largest absolute Gasteiger partial charge is 0.476 e. The van der Waals surface area contributed by atoms with Gasteiger partial charge in [0.05, 0.1) is 6.54 Å². The number of ether oxygens (including phenoxy) is 1. The molecule has 1 aromatic rings. The lowest BCUT2D eigenvalue weighted by atomic mass is 10.2. The van der Waals surface area contributed by atoms with E-state index in [0.29, 0.717) is 6.41 Å². The van der Waals surface area contributed by atoms with E-state index in [0.717, 1.165) is 11.3 Å². The maximum Gasteiger partial charge on any atom is 0.407 e. The number of aromatic nitrogens is 1. The van der Waals surface area contributed by atoms with E-state index in [1.807, 2.05) is 0 Å². The Hall–Kier alpha value is -2.69. The molecule has 1 heterocycles. The molecule has 0 aliphatic heterocycles. The zero-order valence-corrected chi connectivity index (χ0v) is 14.2. The summed E-state index contributed by atoms with van der Waals surface area (Å²) in [6.45, 7) is 5.22. The molecule has 0 bridgehead atoms. The molecule has 1 aromatic heterocycles. The fourth-order valence-corrected chi connectivity index (χ4v) is 1.97. The van der Waals surface area contributed by atoms with Gasteiger partial charge in [-0.1, -0.05) is 5.16 Å². The van der Waals surface area contributed by atoms with Gasteiger partial charge in [0.2, 0.25) is 12.1 Å². The summed E-state index contributed by atoms with van der Waals surface area (Å²) >= 11 is 1.05. The van der Waals surface area contributed by atoms with Crippen LogP contribution < -0.4 is 10.6 Å². The van der Waals surface area contributed by atoms with Crippen LogP contribution in [0.15, 0.2) is 10.5 Å². The predicted octanol–water partition coefficient (Wildman–Crippen LogP) is 1.04. The summed E-state index contributed by atoms with van der Waals surface area (Å²) in [7, 11) is 0. The highest BCUT2D eigenvalue weighted by atomic mass is 32.1. The number of carboxylic acid groups (broad SMARTS) is 1. The van der Waals surface area contributed by atoms with Crippen LogP contribution in [0.4, 0.5) is 9.93 Å². The van der Waals surface area contributed by atoms with Crippen molar-refractivity contribution in [2.75, 3.05) is 18.5 Å². The number of carbonyl (C=O) groups excluding carboxylic acids is 2. The molecule has 24 heavy (non-hydrogen) atoms. The number of oxime groups is 1. The van der Waals surface area contributed by atoms with E-state index in [1.165, 1.54) is 5.38 Å². The third-order valence-corrected chi connectivity index (χ3v) is 2.92. The molecule has 0 aromatic carbocycles. The molecule has 2 amide bonds. The summed E-state index contributed by atoms with van der Waals surface area (Å²) in [5.74, 6) is -1.34. The van der Waals surface area contributed by atoms with E-state index < -0.39 is 23.4 Å². The first-order chi connectivity index (χ1) is 11.2. The van der Waals surface area contributed by atoms with Gasteiger partial charge in [-0.25, -0.2) is 14.6 Å². The molecule has 11 heteroatoms. The van der Waals surface area contributed by atoms with Gasteiger partial charge in [0.1, 0.15) is 17.9 Å². The molecular weight excluding hydrogens is 340 g/mol. The second-order valence-electron chi connectivity index (χ2n) is 5.31. The Morgan fingerprint density at radius 2 is 2.17 bits per heavy atom. The Kier molecular flexibility index (Phi) is 7.11. The first kappa shape index (κ1) is 19.4. The topological polar surface area (TPSA) is 139 Å². The van der Waals surface area contributed by atoms with Crippen molar-refractivity contribution in [2.24, 2.45) is 5.16 Å². The molecular formula is C13H18N4O6S. The Balaban J connectivity index is 2.51. The molecule has 0 saturated carbocycles. The summed E-state index contributed by atoms with van der Waals surface area (Å²) in [4.78, 5) is 41.6. The maximum absolute atomic E-state index is 11.4. The number of nitrogens with zero attached hydrogens (tertiary/aromatic N) is 2. The SMILES string of the molecule is CC(C)(C)OC(=O)NCCON=C(C(=O)O)c1csc(NC=O)n1. The number of carboxylic acids is 1. The number of carbonyl (C=O) groups is 3. The fraction of sp³-hybridized carbons (Fsp3) is 0.462. The zero-order chi connectivity index (χ0) is 18.2. The minimum atomic E-state index is -1.34. The van der Waals surface area contributed by atoms with Gasteiger partial charge < -0.3 is 25.3 Å². The highest BCUT2D eigenvalue weighted by Gasteiger charge is 2.18. The first-order valence-corrected chi connectivity index (χ1v) is 7.67. The summed E-state index contributed by atoms with van der Waals surface area (Å²) in [6.07, 6.45) is -0.184. The Bertz CT molecular complexity index is 622. The number of nitrogens with one attached hydrogen (secondary N) is 2. The van der Waals surface area contributed by atoms with Crippen LogP contribution in [0.25, 0.3) is 0 Å². The number of amides is 2. The van der Waals surface area contributed by atoms with Gasteiger partial charge in [0.15, 0.2) is 5.13 Å². The van der Waals surface area contributed by atoms with Crippen molar-refractivity contribution in [3.05, 3.63) is 11.1 Å². The molecule has 0 fully saturated rings. The number of thiazole rings is 1. The quantitative estimate of drug-likeness (QED) is 0.273. The molecule has 0 saturated heterocycles. The van der Waals surface area contributed by atoms with E-state index in [2.05, 4.69) is 20.8 Å². The lowest BCUT2D eigenvalue weighted by Gasteiger charge is -2.19. The second-order valence-corrected chi connectivity index (χ2v) is 6.17. The highest BCUT2D eigenvalue weighted by molar-refractivity contribution is 7.14. The molecule has 0 radical (unpaired) electrons. The van der Waals surface area contributed by atoms with Crippen LogP contribution in [-0.2, 0) is 19.2 Å². The number of rotatable bonds is 8. The smallest absolute Gasteiger partial charge is 0.407 e. The molecule has 0 unspecified atom stereocenters. The van der Waals surface area contributed by atoms with Gasteiger partial charge in [0, 0.05) is 5.38 Å². The van der Waals surface area contributed by atoms with Gasteiger partial charge in [-0.15, -0.1) is 11.3 Å². The van der Waals surface area contributed by atoms with Gasteiger partial charge in [-0.2, -0.15) is 0 Å². The van der Waals surface area contributed by atoms with Crippen LogP contribution in [-0.4, -0.2) is 53.0 Å². The maximum atomic E-state index is 11.4. The van der Waals surface area contributed by atoms with Crippen molar-refractivity contribution in [2.45, 2.75) is 26.4 Å². The molecule has 132 valence electrons. The van der Waals surface area contributed by atoms with Crippen LogP contribution in [0.3, 0.4) is 0 Å². The summed E-state index contributed by atoms with van der Waals surface area (Å²) in [5, 5.41) is 19.0. The molecule has 3 N–H and O–H groups in total. The van der Waals surface area contributed by atoms with Crippen molar-refractivity contribution in [3.63, 3.8) is 0 Å². The van der Waals surface area contributed by atoms with Crippen molar-refractivity contribution >= 4 is 40.7 Å². The summed E-state index contributed by atoms with van der Waals surface area (Å²) in [6, 6.07) is 0. The summed E-state index contributed by atoms with van der Waals surface area (Å²) in [5.41, 5.74) is -0.975. The number of hydrogen-bond donors (Lipinski definition) is 3. The van der Waals surface area contributed by atoms with E-state index >= 15 is 0 Å². The second kappa shape index (κ2) is 8.82. The average molecular weight is 358 g/mol. The van der Waals surface area contributed by atoms with Crippen molar-refractivity contribution in [1.29, 1.82) is 0 Å². The monoisotopic (exact) mass is 358 g/mol. The standard InChI is InChI=1S/C13H18N4O6S/c1-13(2,3)23-12(21)14-4-5-22-17-9(10(19)20)8-6-24-11(16-8)15-7-18/h6-7H,4-5H2,1-3H3,(H,14,21)(H,19,20)(H,15,16,18). The van der Waals surface area contributed by atoms with Gasteiger partial charge in [-0.3, -0.25) is 4.79 Å². The van der Waals surface area contributed by atoms with E-state index in [9.17, 15) is 14.4 Å². The number of alkyl carbamates (subject to hydrolysis) is 1. The summed E-state index contributed by atoms with van der Waals surface area (Å²) < 4.78 is 5.02. The minimum Gasteiger partial charge on any atom is -0.476 e. The highest BCUT2D eigenvalue weighted by Crippen LogP contribution is 2.15. The minimum absolute atomic E-state index is 0.0527. The normalized spacial score (nSPS) is 11.5. The molecule has 0 spiro atoms. The van der Waals surface area contributed by atoms with Crippen molar-refractivity contribution in [1.82, 2.24) is 10.3 Å². The lowest BCUT2D eigenvalue weighted by Crippen LogP contribution is -2.34. The number of anilines is 1. The fourth-order valence-electron chi connectivity index (χ4n) is 1.32.